The van der Waals surface area contributed by atoms with Gasteiger partial charge in [0.2, 0.25) is 0 Å². The molecule has 0 nitrogen and oxygen atoms in total. The van der Waals surface area contributed by atoms with Crippen LogP contribution in [-0.2, 0) is 0 Å². The molecule has 0 radical (unpaired) electrons. The van der Waals surface area contributed by atoms with Gasteiger partial charge >= 0.3 is 0 Å². The van der Waals surface area contributed by atoms with E-state index in [1.165, 1.54) is 31.3 Å². The highest BCUT2D eigenvalue weighted by Crippen LogP contribution is 2.14. The molecule has 0 spiro atoms. The fourth-order valence-corrected chi connectivity index (χ4v) is 1.50. The average molecular weight is 210 g/mol. The Balaban J connectivity index is 3.79. The Morgan fingerprint density at radius 2 is 2.00 bits per heavy atom. The first kappa shape index (κ1) is 14.2. The van der Waals surface area contributed by atoms with E-state index in [1.807, 2.05) is 12.2 Å². The van der Waals surface area contributed by atoms with Crippen molar-refractivity contribution in [3.05, 3.63) is 36.5 Å². The van der Waals surface area contributed by atoms with E-state index in [0.717, 1.165) is 12.8 Å². The second kappa shape index (κ2) is 11.2. The fourth-order valence-electron chi connectivity index (χ4n) is 1.50. The molecule has 15 heavy (non-hydrogen) atoms. The van der Waals surface area contributed by atoms with Gasteiger partial charge in [-0.3, -0.25) is 0 Å². The van der Waals surface area contributed by atoms with Crippen LogP contribution in [0.1, 0.15) is 45.4 Å². The van der Waals surface area contributed by atoms with E-state index in [2.05, 4.69) is 19.6 Å². The lowest BCUT2D eigenvalue weighted by atomic mass is 10.0. The van der Waals surface area contributed by atoms with Crippen molar-refractivity contribution < 1.29 is 4.39 Å². The predicted molar refractivity (Wildman–Crippen MR) is 66.8 cm³/mol. The van der Waals surface area contributed by atoms with E-state index < -0.39 is 0 Å². The van der Waals surface area contributed by atoms with Crippen LogP contribution < -0.4 is 0 Å². The first-order valence-electron chi connectivity index (χ1n) is 5.86. The average Bonchev–Trinajstić information content (AvgIpc) is 2.24. The second-order valence-electron chi connectivity index (χ2n) is 3.70. The van der Waals surface area contributed by atoms with Gasteiger partial charge in [-0.05, 0) is 19.3 Å². The van der Waals surface area contributed by atoms with Crippen LogP contribution in [-0.4, -0.2) is 6.67 Å². The summed E-state index contributed by atoms with van der Waals surface area (Å²) in [6.45, 7) is 5.55. The van der Waals surface area contributed by atoms with Crippen molar-refractivity contribution >= 4 is 0 Å². The van der Waals surface area contributed by atoms with E-state index in [4.69, 9.17) is 0 Å². The normalized spacial score (nSPS) is 12.3. The standard InChI is InChI=1S/C14H23F/c1-3-5-6-7-11-14(10-4-2)12-8-9-13-15/h4,8-10H,2-3,5-7,11-13H2,1H3/b9-8-,14-10-. The Morgan fingerprint density at radius 1 is 1.20 bits per heavy atom. The van der Waals surface area contributed by atoms with Crippen molar-refractivity contribution in [3.8, 4) is 0 Å². The van der Waals surface area contributed by atoms with Crippen LogP contribution in [0, 0.1) is 0 Å². The molecule has 0 aliphatic heterocycles. The van der Waals surface area contributed by atoms with E-state index >= 15 is 0 Å². The van der Waals surface area contributed by atoms with Gasteiger partial charge in [0, 0.05) is 0 Å². The van der Waals surface area contributed by atoms with Crippen molar-refractivity contribution in [1.82, 2.24) is 0 Å². The van der Waals surface area contributed by atoms with Crippen LogP contribution in [0.5, 0.6) is 0 Å². The lowest BCUT2D eigenvalue weighted by molar-refractivity contribution is 0.561. The lowest BCUT2D eigenvalue weighted by Gasteiger charge is -2.03. The summed E-state index contributed by atoms with van der Waals surface area (Å²) in [5, 5.41) is 0. The molecule has 0 saturated carbocycles. The molecule has 0 unspecified atom stereocenters. The Bertz CT molecular complexity index is 201. The van der Waals surface area contributed by atoms with Crippen LogP contribution in [0.25, 0.3) is 0 Å². The molecule has 0 N–H and O–H groups in total. The highest BCUT2D eigenvalue weighted by molar-refractivity contribution is 5.13. The summed E-state index contributed by atoms with van der Waals surface area (Å²) in [5.41, 5.74) is 1.35. The first-order valence-corrected chi connectivity index (χ1v) is 5.86. The highest BCUT2D eigenvalue weighted by Gasteiger charge is 1.94. The molecule has 0 fully saturated rings. The molecular weight excluding hydrogens is 187 g/mol. The minimum Gasteiger partial charge on any atom is -0.247 e. The van der Waals surface area contributed by atoms with Gasteiger partial charge in [0.05, 0.1) is 0 Å². The van der Waals surface area contributed by atoms with Crippen LogP contribution in [0.15, 0.2) is 36.5 Å². The zero-order valence-corrected chi connectivity index (χ0v) is 9.84. The molecule has 86 valence electrons. The summed E-state index contributed by atoms with van der Waals surface area (Å²) in [6.07, 6.45) is 14.4. The van der Waals surface area contributed by atoms with Crippen molar-refractivity contribution in [3.63, 3.8) is 0 Å². The SMILES string of the molecule is C=C/C=C(\C/C=C\CF)CCCCCC. The minimum atomic E-state index is -0.364. The Labute approximate surface area is 93.6 Å². The number of hydrogen-bond acceptors (Lipinski definition) is 0. The maximum absolute atomic E-state index is 11.9. The zero-order valence-electron chi connectivity index (χ0n) is 9.84. The van der Waals surface area contributed by atoms with Crippen molar-refractivity contribution in [1.29, 1.82) is 0 Å². The van der Waals surface area contributed by atoms with Gasteiger partial charge in [-0.25, -0.2) is 4.39 Å². The molecule has 0 amide bonds. The number of rotatable bonds is 9. The van der Waals surface area contributed by atoms with Crippen molar-refractivity contribution in [2.75, 3.05) is 6.67 Å². The van der Waals surface area contributed by atoms with Gasteiger partial charge in [0.25, 0.3) is 0 Å². The van der Waals surface area contributed by atoms with Gasteiger partial charge in [-0.1, -0.05) is 62.6 Å². The van der Waals surface area contributed by atoms with E-state index in [0.29, 0.717) is 0 Å². The second-order valence-corrected chi connectivity index (χ2v) is 3.70. The molecule has 0 rings (SSSR count). The monoisotopic (exact) mass is 210 g/mol. The number of unbranched alkanes of at least 4 members (excludes halogenated alkanes) is 3. The smallest absolute Gasteiger partial charge is 0.108 e. The highest BCUT2D eigenvalue weighted by atomic mass is 19.1. The zero-order chi connectivity index (χ0) is 11.4. The molecule has 0 heterocycles. The largest absolute Gasteiger partial charge is 0.247 e. The van der Waals surface area contributed by atoms with Crippen LogP contribution in [0.4, 0.5) is 4.39 Å². The van der Waals surface area contributed by atoms with Crippen LogP contribution in [0.3, 0.4) is 0 Å². The third-order valence-corrected chi connectivity index (χ3v) is 2.34. The summed E-state index contributed by atoms with van der Waals surface area (Å²) in [4.78, 5) is 0. The Morgan fingerprint density at radius 3 is 2.60 bits per heavy atom. The Kier molecular flexibility index (Phi) is 10.6. The van der Waals surface area contributed by atoms with Crippen LogP contribution >= 0.6 is 0 Å². The molecule has 0 aliphatic rings. The molecule has 0 atom stereocenters. The van der Waals surface area contributed by atoms with Gasteiger partial charge in [-0.15, -0.1) is 0 Å². The van der Waals surface area contributed by atoms with Crippen molar-refractivity contribution in [2.24, 2.45) is 0 Å². The third kappa shape index (κ3) is 9.45. The molecule has 0 aromatic heterocycles. The summed E-state index contributed by atoms with van der Waals surface area (Å²) in [5.74, 6) is 0. The summed E-state index contributed by atoms with van der Waals surface area (Å²) >= 11 is 0. The van der Waals surface area contributed by atoms with E-state index in [-0.39, 0.29) is 6.67 Å². The minimum absolute atomic E-state index is 0.364. The van der Waals surface area contributed by atoms with Gasteiger partial charge in [0.1, 0.15) is 6.67 Å². The predicted octanol–water partition coefficient (Wildman–Crippen LogP) is 4.99. The summed E-state index contributed by atoms with van der Waals surface area (Å²) in [7, 11) is 0. The molecule has 1 heteroatoms. The molecule has 0 bridgehead atoms. The van der Waals surface area contributed by atoms with Gasteiger partial charge < -0.3 is 0 Å². The lowest BCUT2D eigenvalue weighted by Crippen LogP contribution is -1.84. The van der Waals surface area contributed by atoms with E-state index in [1.54, 1.807) is 6.08 Å². The summed E-state index contributed by atoms with van der Waals surface area (Å²) < 4.78 is 11.9. The molecule has 0 aromatic carbocycles. The number of hydrogen-bond donors (Lipinski definition) is 0. The van der Waals surface area contributed by atoms with E-state index in [9.17, 15) is 4.39 Å². The molecule has 0 saturated heterocycles. The summed E-state index contributed by atoms with van der Waals surface area (Å²) in [6, 6.07) is 0. The molecular formula is C14H23F. The van der Waals surface area contributed by atoms with Crippen LogP contribution in [0.2, 0.25) is 0 Å². The fraction of sp³-hybridized carbons (Fsp3) is 0.571. The number of allylic oxidation sites excluding steroid dienone is 5. The number of alkyl halides is 1. The molecule has 0 aliphatic carbocycles. The maximum Gasteiger partial charge on any atom is 0.108 e. The Hall–Kier alpha value is -0.850. The maximum atomic E-state index is 11.9. The topological polar surface area (TPSA) is 0 Å². The van der Waals surface area contributed by atoms with Gasteiger partial charge in [-0.2, -0.15) is 0 Å². The van der Waals surface area contributed by atoms with Gasteiger partial charge in [0.15, 0.2) is 0 Å². The van der Waals surface area contributed by atoms with Crippen molar-refractivity contribution in [2.45, 2.75) is 45.4 Å². The first-order chi connectivity index (χ1) is 7.35. The quantitative estimate of drug-likeness (QED) is 0.286. The third-order valence-electron chi connectivity index (χ3n) is 2.34. The molecule has 0 aromatic rings. The number of halogens is 1.